The number of halogens is 7. The molecule has 158 valence electrons. The van der Waals surface area contributed by atoms with E-state index in [1.165, 1.54) is 31.4 Å². The molecule has 0 unspecified atom stereocenters. The van der Waals surface area contributed by atoms with Crippen molar-refractivity contribution in [2.45, 2.75) is 18.1 Å². The van der Waals surface area contributed by atoms with E-state index in [1.807, 2.05) is 5.32 Å². The fourth-order valence-electron chi connectivity index (χ4n) is 2.12. The summed E-state index contributed by atoms with van der Waals surface area (Å²) in [5.41, 5.74) is -5.20. The van der Waals surface area contributed by atoms with Crippen LogP contribution in [0.4, 0.5) is 41.2 Å². The first-order valence-corrected chi connectivity index (χ1v) is 7.69. The molecular weight excluding hydrogens is 413 g/mol. The lowest BCUT2D eigenvalue weighted by Gasteiger charge is -2.37. The summed E-state index contributed by atoms with van der Waals surface area (Å²) < 4.78 is 103. The number of amides is 2. The van der Waals surface area contributed by atoms with Gasteiger partial charge < -0.3 is 14.8 Å². The number of rotatable bonds is 5. The molecule has 0 spiro atoms. The van der Waals surface area contributed by atoms with Crippen molar-refractivity contribution in [2.24, 2.45) is 0 Å². The number of nitrogens with one attached hydrogen (secondary N) is 2. The molecule has 29 heavy (non-hydrogen) atoms. The number of urea groups is 1. The number of benzene rings is 2. The zero-order valence-electron chi connectivity index (χ0n) is 14.5. The standard InChI is InChI=1S/C17H13F7N2O3/c1-28-12-8-4-11(5-9-12)25-14(27)26-15(16(19,20)21,17(22,23)24)29-13-6-2-10(18)3-7-13/h2-9H,1H3,(H2,25,26,27). The summed E-state index contributed by atoms with van der Waals surface area (Å²) in [6.45, 7) is 0. The van der Waals surface area contributed by atoms with Crippen LogP contribution in [0.1, 0.15) is 0 Å². The minimum atomic E-state index is -6.11. The zero-order chi connectivity index (χ0) is 21.9. The number of hydrogen-bond donors (Lipinski definition) is 2. The predicted octanol–water partition coefficient (Wildman–Crippen LogP) is 4.86. The van der Waals surface area contributed by atoms with Crippen LogP contribution in [0.15, 0.2) is 48.5 Å². The molecule has 0 radical (unpaired) electrons. The molecule has 0 saturated heterocycles. The molecule has 0 fully saturated rings. The molecule has 2 amide bonds. The van der Waals surface area contributed by atoms with E-state index < -0.39 is 35.7 Å². The Hall–Kier alpha value is -3.18. The fourth-order valence-corrected chi connectivity index (χ4v) is 2.12. The molecule has 2 aromatic rings. The number of hydrogen-bond acceptors (Lipinski definition) is 3. The smallest absolute Gasteiger partial charge is 0.458 e. The van der Waals surface area contributed by atoms with Gasteiger partial charge in [0.05, 0.1) is 7.11 Å². The molecule has 2 aromatic carbocycles. The Kier molecular flexibility index (Phi) is 6.14. The van der Waals surface area contributed by atoms with E-state index in [9.17, 15) is 35.5 Å². The van der Waals surface area contributed by atoms with Crippen molar-refractivity contribution in [3.63, 3.8) is 0 Å². The van der Waals surface area contributed by atoms with Gasteiger partial charge in [-0.05, 0) is 48.5 Å². The number of anilines is 1. The summed E-state index contributed by atoms with van der Waals surface area (Å²) >= 11 is 0. The summed E-state index contributed by atoms with van der Waals surface area (Å²) in [6.07, 6.45) is -12.2. The first-order valence-electron chi connectivity index (χ1n) is 7.69. The second-order valence-electron chi connectivity index (χ2n) is 5.54. The van der Waals surface area contributed by atoms with E-state index in [1.54, 1.807) is 0 Å². The second kappa shape index (κ2) is 8.05. The highest BCUT2D eigenvalue weighted by molar-refractivity contribution is 5.89. The van der Waals surface area contributed by atoms with Gasteiger partial charge in [0.1, 0.15) is 17.3 Å². The molecule has 12 heteroatoms. The molecule has 2 rings (SSSR count). The van der Waals surface area contributed by atoms with Crippen molar-refractivity contribution >= 4 is 11.7 Å². The minimum absolute atomic E-state index is 0.108. The van der Waals surface area contributed by atoms with Gasteiger partial charge in [0.25, 0.3) is 0 Å². The Labute approximate surface area is 159 Å². The Morgan fingerprint density at radius 1 is 0.828 bits per heavy atom. The summed E-state index contributed by atoms with van der Waals surface area (Å²) in [4.78, 5) is 11.9. The van der Waals surface area contributed by atoms with Crippen LogP contribution in [0.3, 0.4) is 0 Å². The molecule has 5 nitrogen and oxygen atoms in total. The predicted molar refractivity (Wildman–Crippen MR) is 87.0 cm³/mol. The molecule has 0 bridgehead atoms. The van der Waals surface area contributed by atoms with Gasteiger partial charge >= 0.3 is 24.1 Å². The summed E-state index contributed by atoms with van der Waals surface area (Å²) in [7, 11) is 1.34. The van der Waals surface area contributed by atoms with Gasteiger partial charge in [0.2, 0.25) is 0 Å². The third-order valence-corrected chi connectivity index (χ3v) is 3.52. The average Bonchev–Trinajstić information content (AvgIpc) is 2.61. The molecular formula is C17H13F7N2O3. The number of ether oxygens (including phenoxy) is 2. The second-order valence-corrected chi connectivity index (χ2v) is 5.54. The number of carbonyl (C=O) groups excluding carboxylic acids is 1. The van der Waals surface area contributed by atoms with Crippen molar-refractivity contribution in [2.75, 3.05) is 12.4 Å². The van der Waals surface area contributed by atoms with Gasteiger partial charge in [-0.3, -0.25) is 5.32 Å². The molecule has 0 saturated carbocycles. The van der Waals surface area contributed by atoms with Gasteiger partial charge in [0.15, 0.2) is 0 Å². The van der Waals surface area contributed by atoms with Gasteiger partial charge in [0, 0.05) is 5.69 Å². The van der Waals surface area contributed by atoms with E-state index in [4.69, 9.17) is 4.74 Å². The van der Waals surface area contributed by atoms with Gasteiger partial charge in [-0.2, -0.15) is 26.3 Å². The highest BCUT2D eigenvalue weighted by Gasteiger charge is 2.75. The van der Waals surface area contributed by atoms with Gasteiger partial charge in [-0.15, -0.1) is 0 Å². The Morgan fingerprint density at radius 3 is 1.76 bits per heavy atom. The van der Waals surface area contributed by atoms with Crippen LogP contribution >= 0.6 is 0 Å². The molecule has 0 heterocycles. The molecule has 0 aliphatic heterocycles. The average molecular weight is 426 g/mol. The first-order chi connectivity index (χ1) is 13.4. The Balaban J connectivity index is 2.35. The quantitative estimate of drug-likeness (QED) is 0.531. The third-order valence-electron chi connectivity index (χ3n) is 3.52. The van der Waals surface area contributed by atoms with Crippen molar-refractivity contribution in [1.29, 1.82) is 0 Å². The Morgan fingerprint density at radius 2 is 1.31 bits per heavy atom. The van der Waals surface area contributed by atoms with Crippen LogP contribution in [-0.2, 0) is 0 Å². The van der Waals surface area contributed by atoms with Crippen molar-refractivity contribution < 1.29 is 45.0 Å². The van der Waals surface area contributed by atoms with Crippen LogP contribution in [0.5, 0.6) is 11.5 Å². The lowest BCUT2D eigenvalue weighted by Crippen LogP contribution is -2.71. The number of carbonyl (C=O) groups is 1. The van der Waals surface area contributed by atoms with Gasteiger partial charge in [-0.1, -0.05) is 0 Å². The zero-order valence-corrected chi connectivity index (χ0v) is 14.5. The highest BCUT2D eigenvalue weighted by atomic mass is 19.4. The minimum Gasteiger partial charge on any atom is -0.497 e. The molecule has 0 aliphatic carbocycles. The summed E-state index contributed by atoms with van der Waals surface area (Å²) in [5.74, 6) is -1.53. The molecule has 2 N–H and O–H groups in total. The third kappa shape index (κ3) is 5.00. The maximum atomic E-state index is 13.5. The largest absolute Gasteiger partial charge is 0.497 e. The topological polar surface area (TPSA) is 59.6 Å². The maximum Gasteiger partial charge on any atom is 0.458 e. The summed E-state index contributed by atoms with van der Waals surface area (Å²) in [5, 5.41) is 2.65. The number of methoxy groups -OCH3 is 1. The van der Waals surface area contributed by atoms with Gasteiger partial charge in [-0.25, -0.2) is 9.18 Å². The number of alkyl halides is 6. The van der Waals surface area contributed by atoms with Crippen LogP contribution in [0.25, 0.3) is 0 Å². The molecule has 0 aromatic heterocycles. The van der Waals surface area contributed by atoms with Crippen molar-refractivity contribution in [3.05, 3.63) is 54.3 Å². The van der Waals surface area contributed by atoms with Crippen LogP contribution in [0.2, 0.25) is 0 Å². The maximum absolute atomic E-state index is 13.5. The van der Waals surface area contributed by atoms with E-state index in [0.29, 0.717) is 30.0 Å². The molecule has 0 aliphatic rings. The monoisotopic (exact) mass is 426 g/mol. The first kappa shape index (κ1) is 22.1. The fraction of sp³-hybridized carbons (Fsp3) is 0.235. The summed E-state index contributed by atoms with van der Waals surface area (Å²) in [6, 6.07) is 5.53. The lowest BCUT2D eigenvalue weighted by atomic mass is 10.2. The van der Waals surface area contributed by atoms with Crippen LogP contribution in [0, 0.1) is 5.82 Å². The lowest BCUT2D eigenvalue weighted by molar-refractivity contribution is -0.364. The SMILES string of the molecule is COc1ccc(NC(=O)NC(Oc2ccc(F)cc2)(C(F)(F)F)C(F)(F)F)cc1. The van der Waals surface area contributed by atoms with E-state index >= 15 is 0 Å². The van der Waals surface area contributed by atoms with Crippen LogP contribution in [-0.4, -0.2) is 31.2 Å². The van der Waals surface area contributed by atoms with E-state index in [2.05, 4.69) is 4.74 Å². The van der Waals surface area contributed by atoms with Crippen LogP contribution < -0.4 is 20.1 Å². The highest BCUT2D eigenvalue weighted by Crippen LogP contribution is 2.44. The van der Waals surface area contributed by atoms with Crippen molar-refractivity contribution in [1.82, 2.24) is 5.32 Å². The normalized spacial score (nSPS) is 12.3. The van der Waals surface area contributed by atoms with E-state index in [-0.39, 0.29) is 5.69 Å². The Bertz CT molecular complexity index is 820. The van der Waals surface area contributed by atoms with E-state index in [0.717, 1.165) is 5.32 Å². The van der Waals surface area contributed by atoms with Crippen molar-refractivity contribution in [3.8, 4) is 11.5 Å². The molecule has 0 atom stereocenters.